The van der Waals surface area contributed by atoms with E-state index in [-0.39, 0.29) is 28.2 Å². The van der Waals surface area contributed by atoms with Crippen LogP contribution in [0.2, 0.25) is 10.0 Å². The van der Waals surface area contributed by atoms with Crippen LogP contribution in [0.25, 0.3) is 0 Å². The first-order valence-electron chi connectivity index (χ1n) is 8.67. The van der Waals surface area contributed by atoms with Gasteiger partial charge in [-0.3, -0.25) is 0 Å². The second-order valence-corrected chi connectivity index (χ2v) is 9.45. The van der Waals surface area contributed by atoms with Gasteiger partial charge in [0.1, 0.15) is 11.0 Å². The monoisotopic (exact) mass is 420 g/mol. The molecule has 0 aromatic heterocycles. The molecule has 0 saturated carbocycles. The number of sulfonamides is 1. The van der Waals surface area contributed by atoms with E-state index in [1.165, 1.54) is 10.4 Å². The molecule has 2 heterocycles. The van der Waals surface area contributed by atoms with Crippen molar-refractivity contribution in [1.29, 1.82) is 0 Å². The largest absolute Gasteiger partial charge is 0.444 e. The smallest absolute Gasteiger partial charge is 0.410 e. The minimum atomic E-state index is -3.71. The Bertz CT molecular complexity index is 784. The second kappa shape index (κ2) is 7.54. The molecule has 3 rings (SSSR count). The zero-order valence-corrected chi connectivity index (χ0v) is 17.1. The highest BCUT2D eigenvalue weighted by atomic mass is 35.5. The first kappa shape index (κ1) is 19.7. The van der Waals surface area contributed by atoms with E-state index in [0.29, 0.717) is 43.1 Å². The van der Waals surface area contributed by atoms with E-state index in [1.54, 1.807) is 17.9 Å². The van der Waals surface area contributed by atoms with E-state index >= 15 is 0 Å². The summed E-state index contributed by atoms with van der Waals surface area (Å²) in [5.41, 5.74) is 0.526. The number of aryl methyl sites for hydroxylation is 1. The Balaban J connectivity index is 1.73. The Morgan fingerprint density at radius 2 is 1.88 bits per heavy atom. The molecule has 0 spiro atoms. The maximum atomic E-state index is 13.0. The minimum absolute atomic E-state index is 0.00675. The van der Waals surface area contributed by atoms with Crippen LogP contribution in [0.5, 0.6) is 0 Å². The molecule has 1 unspecified atom stereocenters. The number of carbonyl (C=O) groups excluding carboxylic acids is 1. The van der Waals surface area contributed by atoms with Crippen molar-refractivity contribution in [2.24, 2.45) is 0 Å². The van der Waals surface area contributed by atoms with Crippen LogP contribution in [0.15, 0.2) is 17.0 Å². The molecule has 6 nitrogen and oxygen atoms in total. The third-order valence-corrected chi connectivity index (χ3v) is 7.74. The summed E-state index contributed by atoms with van der Waals surface area (Å²) in [6, 6.07) is 3.05. The molecule has 144 valence electrons. The predicted octanol–water partition coefficient (Wildman–Crippen LogP) is 3.69. The molecule has 0 radical (unpaired) electrons. The number of nitrogens with zero attached hydrogens (tertiary/aromatic N) is 2. The fourth-order valence-corrected chi connectivity index (χ4v) is 6.20. The number of halogens is 2. The minimum Gasteiger partial charge on any atom is -0.444 e. The molecule has 2 fully saturated rings. The van der Waals surface area contributed by atoms with Crippen LogP contribution in [0.4, 0.5) is 4.79 Å². The van der Waals surface area contributed by atoms with Gasteiger partial charge in [-0.15, -0.1) is 0 Å². The Morgan fingerprint density at radius 3 is 2.42 bits per heavy atom. The van der Waals surface area contributed by atoms with Gasteiger partial charge >= 0.3 is 6.09 Å². The van der Waals surface area contributed by atoms with Gasteiger partial charge in [-0.1, -0.05) is 30.1 Å². The van der Waals surface area contributed by atoms with Gasteiger partial charge in [0.2, 0.25) is 10.0 Å². The van der Waals surface area contributed by atoms with Gasteiger partial charge in [0.15, 0.2) is 0 Å². The molecular formula is C17H22Cl2N2O4S. The van der Waals surface area contributed by atoms with Crippen LogP contribution in [0.1, 0.15) is 31.7 Å². The molecule has 1 aromatic carbocycles. The summed E-state index contributed by atoms with van der Waals surface area (Å²) in [7, 11) is -3.71. The first-order chi connectivity index (χ1) is 12.2. The third-order valence-electron chi connectivity index (χ3n) is 5.01. The van der Waals surface area contributed by atoms with Crippen molar-refractivity contribution in [1.82, 2.24) is 9.21 Å². The van der Waals surface area contributed by atoms with Crippen molar-refractivity contribution < 1.29 is 17.9 Å². The topological polar surface area (TPSA) is 66.9 Å². The molecule has 1 atom stereocenters. The maximum Gasteiger partial charge on any atom is 0.410 e. The molecular weight excluding hydrogens is 399 g/mol. The molecule has 2 saturated heterocycles. The highest BCUT2D eigenvalue weighted by molar-refractivity contribution is 7.89. The normalized spacial score (nSPS) is 22.7. The molecule has 2 aliphatic rings. The van der Waals surface area contributed by atoms with E-state index in [0.717, 1.165) is 6.42 Å². The number of hydrogen-bond acceptors (Lipinski definition) is 4. The van der Waals surface area contributed by atoms with Gasteiger partial charge in [-0.25, -0.2) is 13.2 Å². The van der Waals surface area contributed by atoms with E-state index in [1.807, 2.05) is 6.92 Å². The van der Waals surface area contributed by atoms with Crippen molar-refractivity contribution in [3.63, 3.8) is 0 Å². The standard InChI is InChI=1S/C17H22Cl2N2O4S/c1-3-14-10-21(17(22)25-14)13-4-6-20(7-5-13)26(23,24)16-11(2)8-12(18)9-15(16)19/h8-9,13-14H,3-7,10H2,1-2H3. The summed E-state index contributed by atoms with van der Waals surface area (Å²) in [6.45, 7) is 4.92. The summed E-state index contributed by atoms with van der Waals surface area (Å²) < 4.78 is 32.8. The predicted molar refractivity (Wildman–Crippen MR) is 100 cm³/mol. The van der Waals surface area contributed by atoms with Crippen molar-refractivity contribution in [3.05, 3.63) is 27.7 Å². The van der Waals surface area contributed by atoms with Gasteiger partial charge in [0.05, 0.1) is 11.6 Å². The zero-order chi connectivity index (χ0) is 19.1. The SMILES string of the molecule is CCC1CN(C2CCN(S(=O)(=O)c3c(C)cc(Cl)cc3Cl)CC2)C(=O)O1. The Labute approximate surface area is 164 Å². The van der Waals surface area contributed by atoms with Crippen LogP contribution in [-0.4, -0.2) is 55.5 Å². The lowest BCUT2D eigenvalue weighted by molar-refractivity contribution is 0.120. The molecule has 26 heavy (non-hydrogen) atoms. The summed E-state index contributed by atoms with van der Waals surface area (Å²) in [6.07, 6.45) is 1.57. The lowest BCUT2D eigenvalue weighted by Crippen LogP contribution is -2.47. The number of benzene rings is 1. The highest BCUT2D eigenvalue weighted by Gasteiger charge is 2.39. The number of amides is 1. The number of rotatable bonds is 4. The Hall–Kier alpha value is -1.02. The quantitative estimate of drug-likeness (QED) is 0.744. The first-order valence-corrected chi connectivity index (χ1v) is 10.9. The highest BCUT2D eigenvalue weighted by Crippen LogP contribution is 2.33. The van der Waals surface area contributed by atoms with Crippen LogP contribution in [0.3, 0.4) is 0 Å². The van der Waals surface area contributed by atoms with Crippen molar-refractivity contribution in [2.75, 3.05) is 19.6 Å². The molecule has 0 N–H and O–H groups in total. The van der Waals surface area contributed by atoms with Crippen LogP contribution in [0, 0.1) is 6.92 Å². The van der Waals surface area contributed by atoms with Gasteiger partial charge in [-0.05, 0) is 43.9 Å². The summed E-state index contributed by atoms with van der Waals surface area (Å²) in [5, 5.41) is 0.536. The second-order valence-electron chi connectivity index (χ2n) is 6.74. The van der Waals surface area contributed by atoms with Gasteiger partial charge in [0, 0.05) is 24.2 Å². The maximum absolute atomic E-state index is 13.0. The lowest BCUT2D eigenvalue weighted by atomic mass is 10.1. The van der Waals surface area contributed by atoms with Gasteiger partial charge in [0.25, 0.3) is 0 Å². The summed E-state index contributed by atoms with van der Waals surface area (Å²) in [5.74, 6) is 0. The molecule has 1 aromatic rings. The van der Waals surface area contributed by atoms with Crippen molar-refractivity contribution in [2.45, 2.75) is 50.2 Å². The van der Waals surface area contributed by atoms with Gasteiger partial charge in [-0.2, -0.15) is 4.31 Å². The summed E-state index contributed by atoms with van der Waals surface area (Å²) >= 11 is 12.1. The number of carbonyl (C=O) groups is 1. The molecule has 1 amide bonds. The molecule has 2 aliphatic heterocycles. The molecule has 0 aliphatic carbocycles. The lowest BCUT2D eigenvalue weighted by Gasteiger charge is -2.35. The van der Waals surface area contributed by atoms with Crippen LogP contribution < -0.4 is 0 Å². The molecule has 0 bridgehead atoms. The van der Waals surface area contributed by atoms with Crippen LogP contribution in [-0.2, 0) is 14.8 Å². The fraction of sp³-hybridized carbons (Fsp3) is 0.588. The summed E-state index contributed by atoms with van der Waals surface area (Å²) in [4.78, 5) is 13.8. The third kappa shape index (κ3) is 3.67. The van der Waals surface area contributed by atoms with E-state index in [2.05, 4.69) is 0 Å². The number of hydrogen-bond donors (Lipinski definition) is 0. The van der Waals surface area contributed by atoms with Crippen molar-refractivity contribution in [3.8, 4) is 0 Å². The van der Waals surface area contributed by atoms with E-state index in [9.17, 15) is 13.2 Å². The van der Waals surface area contributed by atoms with Crippen molar-refractivity contribution >= 4 is 39.3 Å². The Kier molecular flexibility index (Phi) is 5.72. The van der Waals surface area contributed by atoms with E-state index in [4.69, 9.17) is 27.9 Å². The van der Waals surface area contributed by atoms with Crippen LogP contribution >= 0.6 is 23.2 Å². The van der Waals surface area contributed by atoms with Gasteiger partial charge < -0.3 is 9.64 Å². The molecule has 9 heteroatoms. The zero-order valence-electron chi connectivity index (χ0n) is 14.7. The number of piperidine rings is 1. The number of ether oxygens (including phenoxy) is 1. The average Bonchev–Trinajstić information content (AvgIpc) is 2.95. The average molecular weight is 421 g/mol. The van der Waals surface area contributed by atoms with E-state index < -0.39 is 10.0 Å². The fourth-order valence-electron chi connectivity index (χ4n) is 3.59. The Morgan fingerprint density at radius 1 is 1.23 bits per heavy atom. The number of cyclic esters (lactones) is 1.